The average molecular weight is 488 g/mol. The fraction of sp³-hybridized carbons (Fsp3) is 0.480. The van der Waals surface area contributed by atoms with E-state index in [1.807, 2.05) is 42.2 Å². The van der Waals surface area contributed by atoms with Gasteiger partial charge in [0.05, 0.1) is 20.1 Å². The molecule has 0 spiro atoms. The summed E-state index contributed by atoms with van der Waals surface area (Å²) in [5.74, 6) is 0.865. The number of rotatable bonds is 6. The zero-order chi connectivity index (χ0) is 24.3. The zero-order valence-electron chi connectivity index (χ0n) is 20.1. The van der Waals surface area contributed by atoms with Crippen molar-refractivity contribution in [3.8, 4) is 11.5 Å². The van der Waals surface area contributed by atoms with Crippen molar-refractivity contribution in [3.63, 3.8) is 0 Å². The number of carbonyl (C=O) groups excluding carboxylic acids is 1. The number of methoxy groups -OCH3 is 2. The summed E-state index contributed by atoms with van der Waals surface area (Å²) >= 11 is 0. The van der Waals surface area contributed by atoms with Crippen LogP contribution < -0.4 is 14.4 Å². The molecule has 2 heterocycles. The molecular weight excluding hydrogens is 454 g/mol. The number of aryl methyl sites for hydroxylation is 1. The van der Waals surface area contributed by atoms with E-state index in [0.717, 1.165) is 30.1 Å². The van der Waals surface area contributed by atoms with Crippen LogP contribution in [0.1, 0.15) is 18.4 Å². The summed E-state index contributed by atoms with van der Waals surface area (Å²) in [5.41, 5.74) is 1.95. The van der Waals surface area contributed by atoms with Crippen LogP contribution >= 0.6 is 0 Å². The molecule has 2 aromatic carbocycles. The van der Waals surface area contributed by atoms with E-state index in [0.29, 0.717) is 38.2 Å². The molecule has 34 heavy (non-hydrogen) atoms. The first-order chi connectivity index (χ1) is 16.3. The number of hydrogen-bond donors (Lipinski definition) is 0. The second kappa shape index (κ2) is 10.2. The number of amides is 1. The number of piperidine rings is 1. The Labute approximate surface area is 202 Å². The van der Waals surface area contributed by atoms with E-state index in [4.69, 9.17) is 9.47 Å². The highest BCUT2D eigenvalue weighted by molar-refractivity contribution is 7.89. The largest absolute Gasteiger partial charge is 0.497 e. The second-order valence-corrected chi connectivity index (χ2v) is 10.8. The Kier molecular flexibility index (Phi) is 7.33. The van der Waals surface area contributed by atoms with Gasteiger partial charge in [0.2, 0.25) is 15.9 Å². The van der Waals surface area contributed by atoms with Crippen molar-refractivity contribution < 1.29 is 22.7 Å². The van der Waals surface area contributed by atoms with Gasteiger partial charge in [0.25, 0.3) is 0 Å². The van der Waals surface area contributed by atoms with Gasteiger partial charge in [-0.1, -0.05) is 6.07 Å². The first-order valence-electron chi connectivity index (χ1n) is 11.7. The lowest BCUT2D eigenvalue weighted by molar-refractivity contribution is -0.137. The molecule has 0 aliphatic carbocycles. The van der Waals surface area contributed by atoms with Gasteiger partial charge in [-0.05, 0) is 61.7 Å². The SMILES string of the molecule is COc1ccc(N2CCN(C(=O)[C@@H]3CCCN(S(=O)(=O)c4cc(C)ccc4OC)C3)CC2)cc1. The van der Waals surface area contributed by atoms with Gasteiger partial charge in [0.1, 0.15) is 16.4 Å². The highest BCUT2D eigenvalue weighted by Gasteiger charge is 2.37. The van der Waals surface area contributed by atoms with Gasteiger partial charge >= 0.3 is 0 Å². The van der Waals surface area contributed by atoms with Crippen molar-refractivity contribution in [1.29, 1.82) is 0 Å². The Balaban J connectivity index is 1.40. The van der Waals surface area contributed by atoms with Crippen molar-refractivity contribution in [3.05, 3.63) is 48.0 Å². The number of nitrogens with zero attached hydrogens (tertiary/aromatic N) is 3. The normalized spacial score (nSPS) is 19.7. The molecule has 1 atom stereocenters. The van der Waals surface area contributed by atoms with E-state index in [1.165, 1.54) is 11.4 Å². The lowest BCUT2D eigenvalue weighted by atomic mass is 9.97. The minimum Gasteiger partial charge on any atom is -0.497 e. The maximum absolute atomic E-state index is 13.4. The number of carbonyl (C=O) groups is 1. The highest BCUT2D eigenvalue weighted by atomic mass is 32.2. The van der Waals surface area contributed by atoms with E-state index in [9.17, 15) is 13.2 Å². The van der Waals surface area contributed by atoms with E-state index in [1.54, 1.807) is 19.2 Å². The fourth-order valence-corrected chi connectivity index (χ4v) is 6.49. The molecular formula is C25H33N3O5S. The summed E-state index contributed by atoms with van der Waals surface area (Å²) in [6.07, 6.45) is 1.37. The quantitative estimate of drug-likeness (QED) is 0.624. The van der Waals surface area contributed by atoms with Crippen molar-refractivity contribution in [2.24, 2.45) is 5.92 Å². The molecule has 0 N–H and O–H groups in total. The van der Waals surface area contributed by atoms with Crippen LogP contribution in [-0.2, 0) is 14.8 Å². The highest BCUT2D eigenvalue weighted by Crippen LogP contribution is 2.31. The molecule has 0 saturated carbocycles. The standard InChI is InChI=1S/C25H33N3O5S/c1-19-6-11-23(33-3)24(17-19)34(30,31)28-12-4-5-20(18-28)25(29)27-15-13-26(14-16-27)21-7-9-22(32-2)10-8-21/h6-11,17,20H,4-5,12-16,18H2,1-3H3/t20-/m1/s1. The van der Waals surface area contributed by atoms with Gasteiger partial charge in [-0.2, -0.15) is 4.31 Å². The monoisotopic (exact) mass is 487 g/mol. The third-order valence-electron chi connectivity index (χ3n) is 6.70. The average Bonchev–Trinajstić information content (AvgIpc) is 2.88. The lowest BCUT2D eigenvalue weighted by Gasteiger charge is -2.39. The predicted molar refractivity (Wildman–Crippen MR) is 131 cm³/mol. The van der Waals surface area contributed by atoms with Crippen LogP contribution in [0.2, 0.25) is 0 Å². The molecule has 0 bridgehead atoms. The molecule has 0 aromatic heterocycles. The van der Waals surface area contributed by atoms with E-state index in [-0.39, 0.29) is 23.3 Å². The summed E-state index contributed by atoms with van der Waals surface area (Å²) in [7, 11) is -0.639. The van der Waals surface area contributed by atoms with Crippen LogP contribution in [-0.4, -0.2) is 77.0 Å². The molecule has 0 radical (unpaired) electrons. The number of benzene rings is 2. The molecule has 184 valence electrons. The molecule has 0 unspecified atom stereocenters. The maximum atomic E-state index is 13.4. The Morgan fingerprint density at radius 1 is 0.941 bits per heavy atom. The Bertz CT molecular complexity index is 1110. The van der Waals surface area contributed by atoms with Crippen LogP contribution in [0.5, 0.6) is 11.5 Å². The smallest absolute Gasteiger partial charge is 0.246 e. The molecule has 2 saturated heterocycles. The van der Waals surface area contributed by atoms with Gasteiger partial charge in [-0.3, -0.25) is 4.79 Å². The minimum atomic E-state index is -3.76. The Morgan fingerprint density at radius 3 is 2.29 bits per heavy atom. The van der Waals surface area contributed by atoms with Gasteiger partial charge in [-0.25, -0.2) is 8.42 Å². The van der Waals surface area contributed by atoms with Crippen molar-refractivity contribution in [2.45, 2.75) is 24.7 Å². The van der Waals surface area contributed by atoms with Crippen LogP contribution in [0.25, 0.3) is 0 Å². The van der Waals surface area contributed by atoms with E-state index < -0.39 is 10.0 Å². The van der Waals surface area contributed by atoms with Crippen LogP contribution in [0, 0.1) is 12.8 Å². The number of hydrogen-bond acceptors (Lipinski definition) is 6. The minimum absolute atomic E-state index is 0.0467. The summed E-state index contributed by atoms with van der Waals surface area (Å²) in [6.45, 7) is 5.21. The number of anilines is 1. The zero-order valence-corrected chi connectivity index (χ0v) is 20.9. The molecule has 2 aliphatic rings. The van der Waals surface area contributed by atoms with E-state index >= 15 is 0 Å². The molecule has 2 fully saturated rings. The number of ether oxygens (including phenoxy) is 2. The maximum Gasteiger partial charge on any atom is 0.246 e. The third-order valence-corrected chi connectivity index (χ3v) is 8.59. The van der Waals surface area contributed by atoms with Crippen molar-refractivity contribution in [2.75, 3.05) is 58.4 Å². The van der Waals surface area contributed by atoms with Gasteiger partial charge in [0, 0.05) is 45.0 Å². The fourth-order valence-electron chi connectivity index (χ4n) is 4.72. The molecule has 2 aromatic rings. The number of piperazine rings is 1. The van der Waals surface area contributed by atoms with Gasteiger partial charge in [-0.15, -0.1) is 0 Å². The Hall–Kier alpha value is -2.78. The summed E-state index contributed by atoms with van der Waals surface area (Å²) in [4.78, 5) is 17.6. The first-order valence-corrected chi connectivity index (χ1v) is 13.1. The molecule has 4 rings (SSSR count). The van der Waals surface area contributed by atoms with E-state index in [2.05, 4.69) is 4.90 Å². The first kappa shape index (κ1) is 24.3. The lowest BCUT2D eigenvalue weighted by Crippen LogP contribution is -2.53. The predicted octanol–water partition coefficient (Wildman–Crippen LogP) is 2.76. The summed E-state index contributed by atoms with van der Waals surface area (Å²) in [6, 6.07) is 13.1. The molecule has 1 amide bonds. The van der Waals surface area contributed by atoms with Crippen LogP contribution in [0.4, 0.5) is 5.69 Å². The topological polar surface area (TPSA) is 79.4 Å². The molecule has 8 nitrogen and oxygen atoms in total. The molecule has 9 heteroatoms. The van der Waals surface area contributed by atoms with Gasteiger partial charge < -0.3 is 19.3 Å². The summed E-state index contributed by atoms with van der Waals surface area (Å²) in [5, 5.41) is 0. The third kappa shape index (κ3) is 5.00. The second-order valence-electron chi connectivity index (χ2n) is 8.87. The van der Waals surface area contributed by atoms with Crippen molar-refractivity contribution >= 4 is 21.6 Å². The molecule has 2 aliphatic heterocycles. The van der Waals surface area contributed by atoms with Crippen LogP contribution in [0.15, 0.2) is 47.4 Å². The number of sulfonamides is 1. The van der Waals surface area contributed by atoms with Gasteiger partial charge in [0.15, 0.2) is 0 Å². The summed E-state index contributed by atoms with van der Waals surface area (Å²) < 4.78 is 38.8. The Morgan fingerprint density at radius 2 is 1.65 bits per heavy atom. The van der Waals surface area contributed by atoms with Crippen LogP contribution in [0.3, 0.4) is 0 Å². The van der Waals surface area contributed by atoms with Crippen molar-refractivity contribution in [1.82, 2.24) is 9.21 Å².